The van der Waals surface area contributed by atoms with E-state index in [1.165, 1.54) is 7.11 Å². The molecule has 4 nitrogen and oxygen atoms in total. The van der Waals surface area contributed by atoms with Gasteiger partial charge in [-0.1, -0.05) is 0 Å². The molecule has 1 saturated carbocycles. The lowest BCUT2D eigenvalue weighted by atomic mass is 10.1. The lowest BCUT2D eigenvalue weighted by Gasteiger charge is -2.13. The minimum absolute atomic E-state index is 0.105. The molecule has 0 bridgehead atoms. The fourth-order valence-corrected chi connectivity index (χ4v) is 3.56. The summed E-state index contributed by atoms with van der Waals surface area (Å²) in [7, 11) is 1.43. The van der Waals surface area contributed by atoms with E-state index in [1.54, 1.807) is 11.8 Å². The third-order valence-corrected chi connectivity index (χ3v) is 5.05. The van der Waals surface area contributed by atoms with Crippen LogP contribution in [-0.2, 0) is 19.1 Å². The lowest BCUT2D eigenvalue weighted by Crippen LogP contribution is -2.18. The molecule has 2 rings (SSSR count). The number of ketones is 1. The highest BCUT2D eigenvalue weighted by Crippen LogP contribution is 2.51. The van der Waals surface area contributed by atoms with Gasteiger partial charge >= 0.3 is 5.97 Å². The first-order valence-corrected chi connectivity index (χ1v) is 7.56. The number of Topliss-reactive ketones (excluding diaryl/α,β-unsaturated/α-hetero) is 1. The van der Waals surface area contributed by atoms with Crippen LogP contribution in [0.2, 0.25) is 0 Å². The van der Waals surface area contributed by atoms with E-state index in [0.717, 1.165) is 25.0 Å². The van der Waals surface area contributed by atoms with Crippen LogP contribution < -0.4 is 0 Å². The highest BCUT2D eigenvalue weighted by atomic mass is 32.2. The topological polar surface area (TPSA) is 52.6 Å². The molecule has 2 aliphatic rings. The Bertz CT molecular complexity index is 319. The first kappa shape index (κ1) is 13.9. The van der Waals surface area contributed by atoms with Crippen molar-refractivity contribution in [1.29, 1.82) is 0 Å². The zero-order valence-electron chi connectivity index (χ0n) is 10.8. The van der Waals surface area contributed by atoms with Gasteiger partial charge in [-0.05, 0) is 30.4 Å². The van der Waals surface area contributed by atoms with Crippen molar-refractivity contribution < 1.29 is 19.1 Å². The molecule has 0 aromatic heterocycles. The van der Waals surface area contributed by atoms with Crippen molar-refractivity contribution in [3.63, 3.8) is 0 Å². The molecule has 18 heavy (non-hydrogen) atoms. The van der Waals surface area contributed by atoms with Crippen LogP contribution in [0.3, 0.4) is 0 Å². The maximum Gasteiger partial charge on any atom is 0.306 e. The van der Waals surface area contributed by atoms with E-state index in [9.17, 15) is 9.59 Å². The van der Waals surface area contributed by atoms with Gasteiger partial charge in [0.05, 0.1) is 25.9 Å². The van der Waals surface area contributed by atoms with Crippen molar-refractivity contribution in [2.75, 3.05) is 31.8 Å². The molecule has 1 unspecified atom stereocenters. The Morgan fingerprint density at radius 2 is 2.22 bits per heavy atom. The van der Waals surface area contributed by atoms with Gasteiger partial charge in [-0.2, -0.15) is 11.8 Å². The number of ether oxygens (including phenoxy) is 2. The van der Waals surface area contributed by atoms with E-state index < -0.39 is 0 Å². The molecule has 1 atom stereocenters. The molecule has 1 aliphatic carbocycles. The summed E-state index contributed by atoms with van der Waals surface area (Å²) in [5.41, 5.74) is 0.115. The lowest BCUT2D eigenvalue weighted by molar-refractivity contribution is -0.141. The average molecular weight is 272 g/mol. The Balaban J connectivity index is 1.65. The highest BCUT2D eigenvalue weighted by molar-refractivity contribution is 8.00. The fraction of sp³-hybridized carbons (Fsp3) is 0.846. The van der Waals surface area contributed by atoms with E-state index in [4.69, 9.17) is 9.47 Å². The summed E-state index contributed by atoms with van der Waals surface area (Å²) in [6, 6.07) is 0. The summed E-state index contributed by atoms with van der Waals surface area (Å²) in [6.45, 7) is 1.31. The van der Waals surface area contributed by atoms with Crippen molar-refractivity contribution in [1.82, 2.24) is 0 Å². The molecule has 0 N–H and O–H groups in total. The Morgan fingerprint density at radius 1 is 1.44 bits per heavy atom. The third-order valence-electron chi connectivity index (χ3n) is 3.74. The predicted octanol–water partition coefficient (Wildman–Crippen LogP) is 1.67. The molecule has 0 radical (unpaired) electrons. The van der Waals surface area contributed by atoms with Crippen molar-refractivity contribution in [2.24, 2.45) is 11.3 Å². The smallest absolute Gasteiger partial charge is 0.306 e. The number of methoxy groups -OCH3 is 1. The highest BCUT2D eigenvalue weighted by Gasteiger charge is 2.44. The Labute approximate surface area is 112 Å². The molecule has 1 aliphatic heterocycles. The van der Waals surface area contributed by atoms with Gasteiger partial charge in [-0.25, -0.2) is 0 Å². The Hall–Kier alpha value is -0.550. The van der Waals surface area contributed by atoms with Crippen LogP contribution >= 0.6 is 11.8 Å². The molecule has 0 aromatic carbocycles. The molecule has 0 spiro atoms. The monoisotopic (exact) mass is 272 g/mol. The van der Waals surface area contributed by atoms with E-state index >= 15 is 0 Å². The first-order valence-electron chi connectivity index (χ1n) is 6.40. The van der Waals surface area contributed by atoms with Gasteiger partial charge in [-0.15, -0.1) is 0 Å². The Kier molecular flexibility index (Phi) is 4.67. The maximum absolute atomic E-state index is 11.8. The zero-order valence-corrected chi connectivity index (χ0v) is 11.6. The second kappa shape index (κ2) is 6.06. The summed E-state index contributed by atoms with van der Waals surface area (Å²) < 4.78 is 9.92. The maximum atomic E-state index is 11.8. The summed E-state index contributed by atoms with van der Waals surface area (Å²) in [4.78, 5) is 23.1. The van der Waals surface area contributed by atoms with Gasteiger partial charge in [0.25, 0.3) is 0 Å². The number of hydrogen-bond acceptors (Lipinski definition) is 5. The summed E-state index contributed by atoms with van der Waals surface area (Å²) in [6.07, 6.45) is 3.52. The molecular formula is C13H20O4S. The van der Waals surface area contributed by atoms with Gasteiger partial charge in [0.2, 0.25) is 0 Å². The minimum atomic E-state index is -0.136. The Morgan fingerprint density at radius 3 is 2.78 bits per heavy atom. The third kappa shape index (κ3) is 3.72. The molecule has 102 valence electrons. The number of esters is 1. The van der Waals surface area contributed by atoms with E-state index in [2.05, 4.69) is 0 Å². The van der Waals surface area contributed by atoms with E-state index in [1.807, 2.05) is 0 Å². The van der Waals surface area contributed by atoms with Crippen LogP contribution in [-0.4, -0.2) is 43.6 Å². The standard InChI is InChI=1S/C13H20O4S/c1-16-12(15)6-13(3-4-13)9-18-8-11(14)10-2-5-17-7-10/h10H,2-9H2,1H3. The van der Waals surface area contributed by atoms with Gasteiger partial charge in [0.1, 0.15) is 5.78 Å². The second-order valence-corrected chi connectivity index (χ2v) is 6.26. The predicted molar refractivity (Wildman–Crippen MR) is 69.6 cm³/mol. The molecule has 2 fully saturated rings. The molecular weight excluding hydrogens is 252 g/mol. The van der Waals surface area contributed by atoms with Gasteiger partial charge in [0.15, 0.2) is 0 Å². The van der Waals surface area contributed by atoms with Gasteiger partial charge < -0.3 is 9.47 Å². The number of carbonyl (C=O) groups is 2. The second-order valence-electron chi connectivity index (χ2n) is 5.27. The number of rotatable bonds is 7. The molecule has 1 saturated heterocycles. The number of hydrogen-bond donors (Lipinski definition) is 0. The summed E-state index contributed by atoms with van der Waals surface area (Å²) in [5.74, 6) is 1.71. The van der Waals surface area contributed by atoms with Gasteiger partial charge in [-0.3, -0.25) is 9.59 Å². The molecule has 0 aromatic rings. The van der Waals surface area contributed by atoms with Crippen molar-refractivity contribution >= 4 is 23.5 Å². The van der Waals surface area contributed by atoms with Crippen LogP contribution in [0.1, 0.15) is 25.7 Å². The van der Waals surface area contributed by atoms with Crippen LogP contribution in [0.5, 0.6) is 0 Å². The van der Waals surface area contributed by atoms with Crippen LogP contribution in [0.4, 0.5) is 0 Å². The van der Waals surface area contributed by atoms with E-state index in [0.29, 0.717) is 31.2 Å². The SMILES string of the molecule is COC(=O)CC1(CSCC(=O)C2CCOC2)CC1. The fourth-order valence-electron chi connectivity index (χ4n) is 2.20. The summed E-state index contributed by atoms with van der Waals surface area (Å²) >= 11 is 1.66. The van der Waals surface area contributed by atoms with Crippen LogP contribution in [0, 0.1) is 11.3 Å². The minimum Gasteiger partial charge on any atom is -0.469 e. The normalized spacial score (nSPS) is 24.8. The van der Waals surface area contributed by atoms with Gasteiger partial charge in [0, 0.05) is 12.5 Å². The van der Waals surface area contributed by atoms with Crippen LogP contribution in [0.15, 0.2) is 0 Å². The molecule has 0 amide bonds. The largest absolute Gasteiger partial charge is 0.469 e. The quantitative estimate of drug-likeness (QED) is 0.660. The van der Waals surface area contributed by atoms with Crippen LogP contribution in [0.25, 0.3) is 0 Å². The van der Waals surface area contributed by atoms with E-state index in [-0.39, 0.29) is 17.3 Å². The first-order chi connectivity index (χ1) is 8.65. The number of thioether (sulfide) groups is 1. The van der Waals surface area contributed by atoms with Crippen molar-refractivity contribution in [2.45, 2.75) is 25.7 Å². The van der Waals surface area contributed by atoms with Crippen molar-refractivity contribution in [3.8, 4) is 0 Å². The van der Waals surface area contributed by atoms with Crippen molar-refractivity contribution in [3.05, 3.63) is 0 Å². The molecule has 5 heteroatoms. The zero-order chi connectivity index (χ0) is 13.0. The summed E-state index contributed by atoms with van der Waals surface area (Å²) in [5, 5.41) is 0. The molecule has 1 heterocycles. The number of carbonyl (C=O) groups excluding carboxylic acids is 2. The average Bonchev–Trinajstić information content (AvgIpc) is 2.92.